The Labute approximate surface area is 127 Å². The first-order valence-electron chi connectivity index (χ1n) is 6.21. The molecule has 0 aliphatic heterocycles. The van der Waals surface area contributed by atoms with Crippen molar-refractivity contribution in [3.63, 3.8) is 0 Å². The Morgan fingerprint density at radius 1 is 1.14 bits per heavy atom. The van der Waals surface area contributed by atoms with E-state index in [1.165, 1.54) is 0 Å². The van der Waals surface area contributed by atoms with Gasteiger partial charge < -0.3 is 10.4 Å². The summed E-state index contributed by atoms with van der Waals surface area (Å²) in [5.74, 6) is 0.177. The van der Waals surface area contributed by atoms with E-state index in [0.29, 0.717) is 16.4 Å². The molecule has 0 heterocycles. The number of halogens is 1. The predicted molar refractivity (Wildman–Crippen MR) is 83.9 cm³/mol. The average molecular weight is 304 g/mol. The van der Waals surface area contributed by atoms with Crippen molar-refractivity contribution in [2.45, 2.75) is 6.92 Å². The van der Waals surface area contributed by atoms with E-state index in [1.54, 1.807) is 55.5 Å². The van der Waals surface area contributed by atoms with Gasteiger partial charge in [0.1, 0.15) is 5.75 Å². The number of hydrazone groups is 1. The Morgan fingerprint density at radius 2 is 1.81 bits per heavy atom. The van der Waals surface area contributed by atoms with E-state index in [1.807, 2.05) is 0 Å². The molecule has 2 rings (SSSR count). The molecule has 2 aromatic carbocycles. The number of benzene rings is 2. The molecule has 108 valence electrons. The lowest BCUT2D eigenvalue weighted by atomic mass is 10.1. The van der Waals surface area contributed by atoms with Crippen LogP contribution in [0.2, 0.25) is 5.02 Å². The molecule has 0 radical (unpaired) electrons. The van der Waals surface area contributed by atoms with Gasteiger partial charge in [-0.25, -0.2) is 10.2 Å². The van der Waals surface area contributed by atoms with E-state index in [2.05, 4.69) is 15.8 Å². The van der Waals surface area contributed by atoms with E-state index in [0.717, 1.165) is 5.56 Å². The zero-order valence-electron chi connectivity index (χ0n) is 11.3. The third-order valence-electron chi connectivity index (χ3n) is 2.73. The smallest absolute Gasteiger partial charge is 0.339 e. The molecular formula is C15H14ClN3O2. The first-order valence-corrected chi connectivity index (χ1v) is 6.59. The number of para-hydroxylation sites is 1. The minimum absolute atomic E-state index is 0.177. The Hall–Kier alpha value is -2.53. The molecule has 0 atom stereocenters. The lowest BCUT2D eigenvalue weighted by molar-refractivity contribution is 0.252. The molecule has 0 saturated carbocycles. The summed E-state index contributed by atoms with van der Waals surface area (Å²) >= 11 is 5.94. The van der Waals surface area contributed by atoms with E-state index in [9.17, 15) is 9.90 Å². The zero-order chi connectivity index (χ0) is 15.2. The largest absolute Gasteiger partial charge is 0.508 e. The van der Waals surface area contributed by atoms with Crippen molar-refractivity contribution in [3.8, 4) is 5.75 Å². The summed E-state index contributed by atoms with van der Waals surface area (Å²) in [6.45, 7) is 1.75. The highest BCUT2D eigenvalue weighted by Crippen LogP contribution is 2.20. The highest BCUT2D eigenvalue weighted by atomic mass is 35.5. The Morgan fingerprint density at radius 3 is 2.48 bits per heavy atom. The van der Waals surface area contributed by atoms with Crippen LogP contribution in [0.5, 0.6) is 5.75 Å². The minimum Gasteiger partial charge on any atom is -0.508 e. The normalized spacial score (nSPS) is 11.0. The van der Waals surface area contributed by atoms with E-state index < -0.39 is 6.03 Å². The summed E-state index contributed by atoms with van der Waals surface area (Å²) in [6, 6.07) is 13.0. The van der Waals surface area contributed by atoms with Gasteiger partial charge in [-0.2, -0.15) is 5.10 Å². The molecule has 3 N–H and O–H groups in total. The highest BCUT2D eigenvalue weighted by molar-refractivity contribution is 6.33. The Kier molecular flexibility index (Phi) is 4.79. The van der Waals surface area contributed by atoms with Crippen LogP contribution in [0, 0.1) is 0 Å². The lowest BCUT2D eigenvalue weighted by Crippen LogP contribution is -2.25. The molecule has 2 amide bonds. The fraction of sp³-hybridized carbons (Fsp3) is 0.0667. The minimum atomic E-state index is -0.485. The maximum absolute atomic E-state index is 11.7. The van der Waals surface area contributed by atoms with Crippen LogP contribution in [-0.2, 0) is 0 Å². The van der Waals surface area contributed by atoms with Gasteiger partial charge in [-0.3, -0.25) is 0 Å². The van der Waals surface area contributed by atoms with Crippen molar-refractivity contribution in [3.05, 3.63) is 59.1 Å². The van der Waals surface area contributed by atoms with E-state index in [4.69, 9.17) is 11.6 Å². The number of hydrogen-bond donors (Lipinski definition) is 3. The molecular weight excluding hydrogens is 290 g/mol. The number of phenolic OH excluding ortho intramolecular Hbond substituents is 1. The number of hydrogen-bond acceptors (Lipinski definition) is 3. The summed E-state index contributed by atoms with van der Waals surface area (Å²) in [7, 11) is 0. The fourth-order valence-corrected chi connectivity index (χ4v) is 1.80. The number of anilines is 1. The van der Waals surface area contributed by atoms with E-state index >= 15 is 0 Å². The van der Waals surface area contributed by atoms with Crippen LogP contribution in [0.3, 0.4) is 0 Å². The standard InChI is InChI=1S/C15H14ClN3O2/c1-10(11-6-8-12(20)9-7-11)18-19-15(21)17-14-5-3-2-4-13(14)16/h2-9,20H,1H3,(H2,17,19,21). The molecule has 5 nitrogen and oxygen atoms in total. The van der Waals surface area contributed by atoms with Crippen molar-refractivity contribution in [1.29, 1.82) is 0 Å². The molecule has 2 aromatic rings. The Balaban J connectivity index is 1.98. The summed E-state index contributed by atoms with van der Waals surface area (Å²) in [5, 5.41) is 16.2. The van der Waals surface area contributed by atoms with Gasteiger partial charge >= 0.3 is 6.03 Å². The number of aromatic hydroxyl groups is 1. The van der Waals surface area contributed by atoms with Crippen LogP contribution < -0.4 is 10.7 Å². The van der Waals surface area contributed by atoms with E-state index in [-0.39, 0.29) is 5.75 Å². The van der Waals surface area contributed by atoms with Gasteiger partial charge in [0.05, 0.1) is 16.4 Å². The zero-order valence-corrected chi connectivity index (χ0v) is 12.1. The van der Waals surface area contributed by atoms with Crippen LogP contribution in [0.1, 0.15) is 12.5 Å². The highest BCUT2D eigenvalue weighted by Gasteiger charge is 2.04. The number of urea groups is 1. The summed E-state index contributed by atoms with van der Waals surface area (Å²) in [6.07, 6.45) is 0. The second-order valence-corrected chi connectivity index (χ2v) is 4.70. The van der Waals surface area contributed by atoms with Crippen LogP contribution >= 0.6 is 11.6 Å². The second kappa shape index (κ2) is 6.76. The molecule has 0 aliphatic carbocycles. The molecule has 6 heteroatoms. The predicted octanol–water partition coefficient (Wildman–Crippen LogP) is 3.59. The van der Waals surface area contributed by atoms with Gasteiger partial charge in [0, 0.05) is 0 Å². The van der Waals surface area contributed by atoms with Gasteiger partial charge in [-0.15, -0.1) is 0 Å². The van der Waals surface area contributed by atoms with Crippen LogP contribution in [0.15, 0.2) is 53.6 Å². The monoisotopic (exact) mass is 303 g/mol. The summed E-state index contributed by atoms with van der Waals surface area (Å²) in [4.78, 5) is 11.7. The number of rotatable bonds is 3. The molecule has 0 fully saturated rings. The fourth-order valence-electron chi connectivity index (χ4n) is 1.61. The van der Waals surface area contributed by atoms with Crippen LogP contribution in [0.25, 0.3) is 0 Å². The van der Waals surface area contributed by atoms with Gasteiger partial charge in [0.25, 0.3) is 0 Å². The van der Waals surface area contributed by atoms with Crippen molar-refractivity contribution < 1.29 is 9.90 Å². The quantitative estimate of drug-likeness (QED) is 0.599. The average Bonchev–Trinajstić information content (AvgIpc) is 2.48. The molecule has 0 aliphatic rings. The maximum atomic E-state index is 11.7. The van der Waals surface area contributed by atoms with Crippen molar-refractivity contribution >= 4 is 29.0 Å². The van der Waals surface area contributed by atoms with Crippen LogP contribution in [-0.4, -0.2) is 16.8 Å². The number of nitrogens with one attached hydrogen (secondary N) is 2. The molecule has 21 heavy (non-hydrogen) atoms. The molecule has 0 unspecified atom stereocenters. The molecule has 0 saturated heterocycles. The second-order valence-electron chi connectivity index (χ2n) is 4.29. The third kappa shape index (κ3) is 4.22. The molecule has 0 bridgehead atoms. The van der Waals surface area contributed by atoms with Crippen LogP contribution in [0.4, 0.5) is 10.5 Å². The Bertz CT molecular complexity index is 669. The number of carbonyl (C=O) groups is 1. The van der Waals surface area contributed by atoms with Gasteiger partial charge in [0.15, 0.2) is 0 Å². The summed E-state index contributed by atoms with van der Waals surface area (Å²) in [5.41, 5.74) is 4.31. The summed E-state index contributed by atoms with van der Waals surface area (Å²) < 4.78 is 0. The number of amides is 2. The van der Waals surface area contributed by atoms with Gasteiger partial charge in [-0.1, -0.05) is 23.7 Å². The third-order valence-corrected chi connectivity index (χ3v) is 3.06. The van der Waals surface area contributed by atoms with Crippen molar-refractivity contribution in [2.24, 2.45) is 5.10 Å². The number of carbonyl (C=O) groups excluding carboxylic acids is 1. The number of nitrogens with zero attached hydrogens (tertiary/aromatic N) is 1. The lowest BCUT2D eigenvalue weighted by Gasteiger charge is -2.07. The van der Waals surface area contributed by atoms with Crippen molar-refractivity contribution in [2.75, 3.05) is 5.32 Å². The first-order chi connectivity index (χ1) is 10.1. The maximum Gasteiger partial charge on any atom is 0.339 e. The molecule has 0 aromatic heterocycles. The first kappa shape index (κ1) is 14.9. The van der Waals surface area contributed by atoms with Crippen molar-refractivity contribution in [1.82, 2.24) is 5.43 Å². The molecule has 0 spiro atoms. The van der Waals surface area contributed by atoms with Gasteiger partial charge in [0.2, 0.25) is 0 Å². The number of phenols is 1. The van der Waals surface area contributed by atoms with Gasteiger partial charge in [-0.05, 0) is 48.9 Å². The topological polar surface area (TPSA) is 73.7 Å². The SMILES string of the molecule is CC(=NNC(=O)Nc1ccccc1Cl)c1ccc(O)cc1.